The van der Waals surface area contributed by atoms with Gasteiger partial charge >= 0.3 is 5.97 Å². The number of carbonyl (C=O) groups is 1. The largest absolute Gasteiger partial charge is 0.480 e. The summed E-state index contributed by atoms with van der Waals surface area (Å²) < 4.78 is 0.717. The van der Waals surface area contributed by atoms with Gasteiger partial charge in [0, 0.05) is 10.6 Å². The van der Waals surface area contributed by atoms with Gasteiger partial charge in [0.2, 0.25) is 0 Å². The van der Waals surface area contributed by atoms with Crippen LogP contribution in [0.3, 0.4) is 0 Å². The third-order valence-corrected chi connectivity index (χ3v) is 3.92. The number of rotatable bonds is 5. The Bertz CT molecular complexity index is 565. The molecule has 2 rings (SSSR count). The predicted molar refractivity (Wildman–Crippen MR) is 79.2 cm³/mol. The molecule has 0 aliphatic rings. The molecule has 0 saturated heterocycles. The highest BCUT2D eigenvalue weighted by molar-refractivity contribution is 7.16. The Kier molecular flexibility index (Phi) is 4.45. The van der Waals surface area contributed by atoms with Gasteiger partial charge in [-0.1, -0.05) is 29.3 Å². The van der Waals surface area contributed by atoms with Crippen molar-refractivity contribution in [2.45, 2.75) is 13.5 Å². The first-order chi connectivity index (χ1) is 9.04. The van der Waals surface area contributed by atoms with Gasteiger partial charge in [0.05, 0.1) is 10.9 Å². The van der Waals surface area contributed by atoms with Crippen LogP contribution in [0.25, 0.3) is 0 Å². The number of aliphatic carboxylic acids is 1. The lowest BCUT2D eigenvalue weighted by Gasteiger charge is -2.22. The number of nitrogens with zero attached hydrogens (tertiary/aromatic N) is 1. The third-order valence-electron chi connectivity index (χ3n) is 2.70. The van der Waals surface area contributed by atoms with Crippen molar-refractivity contribution in [1.82, 2.24) is 0 Å². The standard InChI is InChI=1S/C14H14ClNO2S/c1-10-2-4-11(5-3-10)16(9-14(17)18)8-12-6-7-13(15)19-12/h2-7H,8-9H2,1H3,(H,17,18). The van der Waals surface area contributed by atoms with Crippen LogP contribution in [0.5, 0.6) is 0 Å². The van der Waals surface area contributed by atoms with Gasteiger partial charge in [-0.3, -0.25) is 4.79 Å². The molecule has 19 heavy (non-hydrogen) atoms. The summed E-state index contributed by atoms with van der Waals surface area (Å²) in [6, 6.07) is 11.6. The molecule has 0 aliphatic carbocycles. The fraction of sp³-hybridized carbons (Fsp3) is 0.214. The summed E-state index contributed by atoms with van der Waals surface area (Å²) in [6.07, 6.45) is 0. The summed E-state index contributed by atoms with van der Waals surface area (Å²) >= 11 is 7.37. The molecule has 100 valence electrons. The van der Waals surface area contributed by atoms with Gasteiger partial charge in [-0.2, -0.15) is 0 Å². The van der Waals surface area contributed by atoms with E-state index in [1.54, 1.807) is 0 Å². The number of anilines is 1. The van der Waals surface area contributed by atoms with Gasteiger partial charge < -0.3 is 10.0 Å². The van der Waals surface area contributed by atoms with Gasteiger partial charge in [0.15, 0.2) is 0 Å². The minimum absolute atomic E-state index is 0.0292. The second kappa shape index (κ2) is 6.08. The highest BCUT2D eigenvalue weighted by Crippen LogP contribution is 2.25. The molecule has 0 radical (unpaired) electrons. The zero-order valence-corrected chi connectivity index (χ0v) is 12.0. The van der Waals surface area contributed by atoms with Crippen molar-refractivity contribution in [3.05, 3.63) is 51.2 Å². The maximum absolute atomic E-state index is 11.0. The third kappa shape index (κ3) is 3.98. The Morgan fingerprint density at radius 2 is 1.95 bits per heavy atom. The second-order valence-corrected chi connectivity index (χ2v) is 6.09. The van der Waals surface area contributed by atoms with Crippen molar-refractivity contribution >= 4 is 34.6 Å². The Hall–Kier alpha value is -1.52. The van der Waals surface area contributed by atoms with Gasteiger partial charge in [-0.25, -0.2) is 0 Å². The van der Waals surface area contributed by atoms with E-state index in [-0.39, 0.29) is 6.54 Å². The number of carboxylic acid groups (broad SMARTS) is 1. The van der Waals surface area contributed by atoms with E-state index in [0.717, 1.165) is 16.1 Å². The van der Waals surface area contributed by atoms with E-state index in [4.69, 9.17) is 16.7 Å². The Balaban J connectivity index is 2.20. The summed E-state index contributed by atoms with van der Waals surface area (Å²) in [5, 5.41) is 9.02. The SMILES string of the molecule is Cc1ccc(N(CC(=O)O)Cc2ccc(Cl)s2)cc1. The molecule has 1 heterocycles. The number of hydrogen-bond donors (Lipinski definition) is 1. The zero-order chi connectivity index (χ0) is 13.8. The molecular formula is C14H14ClNO2S. The first-order valence-corrected chi connectivity index (χ1v) is 7.01. The maximum atomic E-state index is 11.0. The fourth-order valence-corrected chi connectivity index (χ4v) is 2.89. The van der Waals surface area contributed by atoms with Crippen LogP contribution in [-0.2, 0) is 11.3 Å². The highest BCUT2D eigenvalue weighted by atomic mass is 35.5. The molecule has 0 atom stereocenters. The van der Waals surface area contributed by atoms with E-state index in [9.17, 15) is 4.79 Å². The molecule has 1 aromatic heterocycles. The van der Waals surface area contributed by atoms with Gasteiger partial charge in [0.25, 0.3) is 0 Å². The first kappa shape index (κ1) is 13.9. The number of thiophene rings is 1. The van der Waals surface area contributed by atoms with Crippen molar-refractivity contribution in [1.29, 1.82) is 0 Å². The monoisotopic (exact) mass is 295 g/mol. The Morgan fingerprint density at radius 1 is 1.26 bits per heavy atom. The zero-order valence-electron chi connectivity index (χ0n) is 10.5. The van der Waals surface area contributed by atoms with Crippen LogP contribution < -0.4 is 4.90 Å². The van der Waals surface area contributed by atoms with Crippen LogP contribution in [0.1, 0.15) is 10.4 Å². The van der Waals surface area contributed by atoms with Gasteiger partial charge in [-0.15, -0.1) is 11.3 Å². The lowest BCUT2D eigenvalue weighted by atomic mass is 10.2. The molecule has 5 heteroatoms. The fourth-order valence-electron chi connectivity index (χ4n) is 1.78. The molecule has 0 fully saturated rings. The summed E-state index contributed by atoms with van der Waals surface area (Å²) in [4.78, 5) is 13.9. The molecule has 0 bridgehead atoms. The van der Waals surface area contributed by atoms with Gasteiger partial charge in [0.1, 0.15) is 6.54 Å². The smallest absolute Gasteiger partial charge is 0.323 e. The molecule has 0 amide bonds. The van der Waals surface area contributed by atoms with Gasteiger partial charge in [-0.05, 0) is 31.2 Å². The lowest BCUT2D eigenvalue weighted by Crippen LogP contribution is -2.28. The van der Waals surface area contributed by atoms with Crippen LogP contribution in [0, 0.1) is 6.92 Å². The summed E-state index contributed by atoms with van der Waals surface area (Å²) in [7, 11) is 0. The molecule has 0 saturated carbocycles. The number of benzene rings is 1. The summed E-state index contributed by atoms with van der Waals surface area (Å²) in [5.74, 6) is -0.844. The van der Waals surface area contributed by atoms with E-state index >= 15 is 0 Å². The quantitative estimate of drug-likeness (QED) is 0.912. The number of carboxylic acids is 1. The van der Waals surface area contributed by atoms with E-state index in [1.807, 2.05) is 48.2 Å². The summed E-state index contributed by atoms with van der Waals surface area (Å²) in [5.41, 5.74) is 2.05. The molecule has 0 spiro atoms. The predicted octanol–water partition coefficient (Wildman–Crippen LogP) is 3.80. The van der Waals surface area contributed by atoms with Crippen molar-refractivity contribution in [2.24, 2.45) is 0 Å². The number of halogens is 1. The second-order valence-electron chi connectivity index (χ2n) is 4.29. The lowest BCUT2D eigenvalue weighted by molar-refractivity contribution is -0.135. The molecule has 3 nitrogen and oxygen atoms in total. The van der Waals surface area contributed by atoms with Crippen LogP contribution in [0.4, 0.5) is 5.69 Å². The van der Waals surface area contributed by atoms with Crippen LogP contribution in [-0.4, -0.2) is 17.6 Å². The average Bonchev–Trinajstić information content (AvgIpc) is 2.74. The van der Waals surface area contributed by atoms with E-state index in [0.29, 0.717) is 10.9 Å². The van der Waals surface area contributed by atoms with Crippen molar-refractivity contribution in [2.75, 3.05) is 11.4 Å². The number of aryl methyl sites for hydroxylation is 1. The minimum Gasteiger partial charge on any atom is -0.480 e. The van der Waals surface area contributed by atoms with E-state index < -0.39 is 5.97 Å². The Morgan fingerprint density at radius 3 is 2.47 bits per heavy atom. The normalized spacial score (nSPS) is 10.4. The first-order valence-electron chi connectivity index (χ1n) is 5.82. The molecule has 1 aromatic carbocycles. The highest BCUT2D eigenvalue weighted by Gasteiger charge is 2.12. The van der Waals surface area contributed by atoms with E-state index in [1.165, 1.54) is 11.3 Å². The Labute approximate surface area is 121 Å². The van der Waals surface area contributed by atoms with Crippen LogP contribution in [0.15, 0.2) is 36.4 Å². The maximum Gasteiger partial charge on any atom is 0.323 e. The van der Waals surface area contributed by atoms with Crippen LogP contribution in [0.2, 0.25) is 4.34 Å². The topological polar surface area (TPSA) is 40.5 Å². The summed E-state index contributed by atoms with van der Waals surface area (Å²) in [6.45, 7) is 2.52. The van der Waals surface area contributed by atoms with Crippen molar-refractivity contribution < 1.29 is 9.90 Å². The molecule has 1 N–H and O–H groups in total. The van der Waals surface area contributed by atoms with Crippen molar-refractivity contribution in [3.8, 4) is 0 Å². The number of hydrogen-bond acceptors (Lipinski definition) is 3. The molecule has 0 unspecified atom stereocenters. The molecular weight excluding hydrogens is 282 g/mol. The van der Waals surface area contributed by atoms with Crippen molar-refractivity contribution in [3.63, 3.8) is 0 Å². The molecule has 2 aromatic rings. The molecule has 0 aliphatic heterocycles. The van der Waals surface area contributed by atoms with Crippen LogP contribution >= 0.6 is 22.9 Å². The van der Waals surface area contributed by atoms with E-state index in [2.05, 4.69) is 0 Å². The minimum atomic E-state index is -0.844. The average molecular weight is 296 g/mol.